The van der Waals surface area contributed by atoms with Gasteiger partial charge in [-0.25, -0.2) is 0 Å². The zero-order valence-corrected chi connectivity index (χ0v) is 18.7. The van der Waals surface area contributed by atoms with Crippen molar-refractivity contribution in [1.29, 1.82) is 0 Å². The van der Waals surface area contributed by atoms with E-state index in [1.807, 2.05) is 36.9 Å². The molecule has 1 fully saturated rings. The van der Waals surface area contributed by atoms with Crippen LogP contribution in [-0.2, 0) is 11.2 Å². The highest BCUT2D eigenvalue weighted by Crippen LogP contribution is 2.34. The first-order chi connectivity index (χ1) is 14.9. The molecule has 0 radical (unpaired) electrons. The Kier molecular flexibility index (Phi) is 6.18. The average Bonchev–Trinajstić information content (AvgIpc) is 3.36. The highest BCUT2D eigenvalue weighted by Gasteiger charge is 2.29. The molecule has 3 heterocycles. The lowest BCUT2D eigenvalue weighted by Crippen LogP contribution is -2.38. The quantitative estimate of drug-likeness (QED) is 0.616. The van der Waals surface area contributed by atoms with Crippen LogP contribution in [0, 0.1) is 13.8 Å². The van der Waals surface area contributed by atoms with Crippen molar-refractivity contribution in [1.82, 2.24) is 20.4 Å². The van der Waals surface area contributed by atoms with Gasteiger partial charge in [-0.05, 0) is 44.2 Å². The van der Waals surface area contributed by atoms with E-state index in [1.54, 1.807) is 0 Å². The summed E-state index contributed by atoms with van der Waals surface area (Å²) in [5.41, 5.74) is 9.74. The topological polar surface area (TPSA) is 101 Å². The number of carbonyl (C=O) groups excluding carboxylic acids is 2. The molecule has 2 amide bonds. The number of aryl methyl sites for hydroxylation is 3. The summed E-state index contributed by atoms with van der Waals surface area (Å²) in [5, 5.41) is 12.2. The smallest absolute Gasteiger partial charge is 0.263 e. The van der Waals surface area contributed by atoms with Gasteiger partial charge >= 0.3 is 0 Å². The maximum absolute atomic E-state index is 12.9. The first-order valence-corrected chi connectivity index (χ1v) is 11.4. The van der Waals surface area contributed by atoms with Crippen molar-refractivity contribution in [2.75, 3.05) is 18.8 Å². The third-order valence-electron chi connectivity index (χ3n) is 5.92. The van der Waals surface area contributed by atoms with Crippen molar-refractivity contribution in [3.8, 4) is 0 Å². The van der Waals surface area contributed by atoms with Gasteiger partial charge < -0.3 is 16.0 Å². The normalized spacial score (nSPS) is 16.1. The Morgan fingerprint density at radius 2 is 2.00 bits per heavy atom. The SMILES string of the molecule is Cc1nnc2sc(C(=O)NC3CCN(C(=O)CCCc4ccccc4)C3)c(N)c2c1C. The molecule has 1 aliphatic rings. The Hall–Kier alpha value is -3.00. The first-order valence-electron chi connectivity index (χ1n) is 10.6. The van der Waals surface area contributed by atoms with E-state index in [1.165, 1.54) is 16.9 Å². The summed E-state index contributed by atoms with van der Waals surface area (Å²) in [6, 6.07) is 10.1. The number of benzene rings is 1. The molecular formula is C23H27N5O2S. The molecule has 1 aliphatic heterocycles. The lowest BCUT2D eigenvalue weighted by molar-refractivity contribution is -0.130. The van der Waals surface area contributed by atoms with Crippen LogP contribution in [0.25, 0.3) is 10.2 Å². The number of nitrogens with one attached hydrogen (secondary N) is 1. The number of carbonyl (C=O) groups is 2. The molecule has 0 saturated carbocycles. The molecule has 1 atom stereocenters. The molecule has 0 bridgehead atoms. The third-order valence-corrected chi connectivity index (χ3v) is 7.00. The molecule has 8 heteroatoms. The fourth-order valence-corrected chi connectivity index (χ4v) is 5.02. The Morgan fingerprint density at radius 1 is 1.23 bits per heavy atom. The number of nitrogens with zero attached hydrogens (tertiary/aromatic N) is 3. The summed E-state index contributed by atoms with van der Waals surface area (Å²) in [7, 11) is 0. The van der Waals surface area contributed by atoms with Gasteiger partial charge in [0.2, 0.25) is 5.91 Å². The fourth-order valence-electron chi connectivity index (χ4n) is 4.01. The van der Waals surface area contributed by atoms with E-state index in [-0.39, 0.29) is 17.9 Å². The van der Waals surface area contributed by atoms with Crippen molar-refractivity contribution in [3.05, 3.63) is 52.0 Å². The maximum Gasteiger partial charge on any atom is 0.263 e. The monoisotopic (exact) mass is 437 g/mol. The molecule has 3 aromatic rings. The van der Waals surface area contributed by atoms with Crippen LogP contribution in [0.5, 0.6) is 0 Å². The van der Waals surface area contributed by atoms with Gasteiger partial charge in [0.05, 0.1) is 11.4 Å². The number of nitrogens with two attached hydrogens (primary N) is 1. The number of rotatable bonds is 6. The van der Waals surface area contributed by atoms with Crippen LogP contribution in [0.1, 0.15) is 45.8 Å². The molecule has 4 rings (SSSR count). The van der Waals surface area contributed by atoms with E-state index >= 15 is 0 Å². The molecule has 0 spiro atoms. The van der Waals surface area contributed by atoms with Crippen molar-refractivity contribution >= 4 is 39.1 Å². The summed E-state index contributed by atoms with van der Waals surface area (Å²) in [4.78, 5) is 28.4. The van der Waals surface area contributed by atoms with Gasteiger partial charge in [-0.15, -0.1) is 16.4 Å². The molecule has 2 aromatic heterocycles. The van der Waals surface area contributed by atoms with E-state index in [4.69, 9.17) is 5.73 Å². The number of anilines is 1. The van der Waals surface area contributed by atoms with E-state index in [0.717, 1.165) is 35.9 Å². The molecule has 162 valence electrons. The number of hydrogen-bond acceptors (Lipinski definition) is 6. The van der Waals surface area contributed by atoms with Crippen LogP contribution in [0.2, 0.25) is 0 Å². The van der Waals surface area contributed by atoms with Gasteiger partial charge in [0.25, 0.3) is 5.91 Å². The molecule has 7 nitrogen and oxygen atoms in total. The first kappa shape index (κ1) is 21.2. The van der Waals surface area contributed by atoms with Gasteiger partial charge in [-0.1, -0.05) is 30.3 Å². The van der Waals surface area contributed by atoms with Crippen molar-refractivity contribution < 1.29 is 9.59 Å². The number of thiophene rings is 1. The van der Waals surface area contributed by atoms with Crippen molar-refractivity contribution in [3.63, 3.8) is 0 Å². The number of likely N-dealkylation sites (tertiary alicyclic amines) is 1. The largest absolute Gasteiger partial charge is 0.397 e. The number of aromatic nitrogens is 2. The predicted octanol–water partition coefficient (Wildman–Crippen LogP) is 3.24. The molecule has 0 aliphatic carbocycles. The second-order valence-corrected chi connectivity index (χ2v) is 9.07. The van der Waals surface area contributed by atoms with E-state index < -0.39 is 0 Å². The van der Waals surface area contributed by atoms with E-state index in [9.17, 15) is 9.59 Å². The molecule has 1 saturated heterocycles. The highest BCUT2D eigenvalue weighted by atomic mass is 32.1. The molecule has 3 N–H and O–H groups in total. The lowest BCUT2D eigenvalue weighted by Gasteiger charge is -2.17. The predicted molar refractivity (Wildman–Crippen MR) is 123 cm³/mol. The van der Waals surface area contributed by atoms with E-state index in [2.05, 4.69) is 27.6 Å². The minimum absolute atomic E-state index is 0.0656. The second kappa shape index (κ2) is 9.01. The van der Waals surface area contributed by atoms with Crippen LogP contribution in [0.4, 0.5) is 5.69 Å². The number of amides is 2. The van der Waals surface area contributed by atoms with Gasteiger partial charge in [0.1, 0.15) is 9.71 Å². The summed E-state index contributed by atoms with van der Waals surface area (Å²) in [6.45, 7) is 5.03. The highest BCUT2D eigenvalue weighted by molar-refractivity contribution is 7.21. The van der Waals surface area contributed by atoms with Crippen molar-refractivity contribution in [2.45, 2.75) is 45.6 Å². The van der Waals surface area contributed by atoms with Crippen molar-refractivity contribution in [2.24, 2.45) is 0 Å². The summed E-state index contributed by atoms with van der Waals surface area (Å²) < 4.78 is 0. The summed E-state index contributed by atoms with van der Waals surface area (Å²) in [6.07, 6.45) is 3.00. The van der Waals surface area contributed by atoms with Gasteiger partial charge in [-0.3, -0.25) is 9.59 Å². The molecule has 31 heavy (non-hydrogen) atoms. The second-order valence-electron chi connectivity index (χ2n) is 8.07. The van der Waals surface area contributed by atoms with Gasteiger partial charge in [0.15, 0.2) is 0 Å². The Labute approximate surface area is 185 Å². The van der Waals surface area contributed by atoms with Gasteiger partial charge in [0, 0.05) is 30.9 Å². The van der Waals surface area contributed by atoms with Crippen LogP contribution in [-0.4, -0.2) is 46.0 Å². The third kappa shape index (κ3) is 4.54. The fraction of sp³-hybridized carbons (Fsp3) is 0.391. The zero-order valence-electron chi connectivity index (χ0n) is 17.9. The summed E-state index contributed by atoms with van der Waals surface area (Å²) >= 11 is 1.26. The Morgan fingerprint density at radius 3 is 2.77 bits per heavy atom. The molecule has 1 aromatic carbocycles. The minimum Gasteiger partial charge on any atom is -0.397 e. The Bertz CT molecular complexity index is 1110. The van der Waals surface area contributed by atoms with Crippen LogP contribution >= 0.6 is 11.3 Å². The Balaban J connectivity index is 1.32. The summed E-state index contributed by atoms with van der Waals surface area (Å²) in [5.74, 6) is -0.0589. The zero-order chi connectivity index (χ0) is 22.0. The number of hydrogen-bond donors (Lipinski definition) is 2. The van der Waals surface area contributed by atoms with Crippen LogP contribution in [0.3, 0.4) is 0 Å². The number of nitrogen functional groups attached to an aromatic ring is 1. The maximum atomic E-state index is 12.9. The van der Waals surface area contributed by atoms with Crippen LogP contribution < -0.4 is 11.1 Å². The average molecular weight is 438 g/mol. The molecular weight excluding hydrogens is 410 g/mol. The lowest BCUT2D eigenvalue weighted by atomic mass is 10.1. The standard InChI is InChI=1S/C23H27N5O2S/c1-14-15(2)26-27-23-19(14)20(24)21(31-23)22(30)25-17-11-12-28(13-17)18(29)10-6-9-16-7-4-3-5-8-16/h3-5,7-8,17H,6,9-13,24H2,1-2H3,(H,25,30). The van der Waals surface area contributed by atoms with Gasteiger partial charge in [-0.2, -0.15) is 5.10 Å². The minimum atomic E-state index is -0.207. The number of fused-ring (bicyclic) bond motifs is 1. The molecule has 1 unspecified atom stereocenters. The van der Waals surface area contributed by atoms with E-state index in [0.29, 0.717) is 34.9 Å². The van der Waals surface area contributed by atoms with Crippen LogP contribution in [0.15, 0.2) is 30.3 Å².